The number of para-hydroxylation sites is 1. The Kier molecular flexibility index (Phi) is 6.20. The molecular weight excluding hydrogens is 222 g/mol. The second-order valence-corrected chi connectivity index (χ2v) is 4.99. The first-order chi connectivity index (χ1) is 8.62. The normalized spacial score (nSPS) is 12.8. The van der Waals surface area contributed by atoms with Crippen molar-refractivity contribution in [2.75, 3.05) is 0 Å². The summed E-state index contributed by atoms with van der Waals surface area (Å²) < 4.78 is 6.16. The highest BCUT2D eigenvalue weighted by Gasteiger charge is 2.13. The number of benzene rings is 1. The smallest absolute Gasteiger partial charge is 0.125 e. The molecule has 0 heterocycles. The summed E-state index contributed by atoms with van der Waals surface area (Å²) in [6, 6.07) is 6.56. The van der Waals surface area contributed by atoms with Crippen LogP contribution in [0.2, 0.25) is 0 Å². The Morgan fingerprint density at radius 2 is 1.78 bits per heavy atom. The van der Waals surface area contributed by atoms with Crippen molar-refractivity contribution in [2.45, 2.75) is 65.5 Å². The van der Waals surface area contributed by atoms with E-state index in [2.05, 4.69) is 45.9 Å². The van der Waals surface area contributed by atoms with Crippen LogP contribution in [0.4, 0.5) is 0 Å². The SMILES string of the molecule is CCC(N)Cc1cccc(C)c1OC(CC)CC. The van der Waals surface area contributed by atoms with E-state index in [4.69, 9.17) is 10.5 Å². The molecule has 0 aliphatic heterocycles. The van der Waals surface area contributed by atoms with Gasteiger partial charge in [0.05, 0.1) is 6.10 Å². The Hall–Kier alpha value is -1.02. The summed E-state index contributed by atoms with van der Waals surface area (Å²) in [7, 11) is 0. The largest absolute Gasteiger partial charge is 0.490 e. The fraction of sp³-hybridized carbons (Fsp3) is 0.625. The number of hydrogen-bond donors (Lipinski definition) is 1. The molecule has 0 aromatic heterocycles. The van der Waals surface area contributed by atoms with Gasteiger partial charge in [0.15, 0.2) is 0 Å². The van der Waals surface area contributed by atoms with Crippen molar-refractivity contribution >= 4 is 0 Å². The Morgan fingerprint density at radius 1 is 1.11 bits per heavy atom. The molecule has 2 nitrogen and oxygen atoms in total. The van der Waals surface area contributed by atoms with E-state index in [1.807, 2.05) is 0 Å². The van der Waals surface area contributed by atoms with E-state index >= 15 is 0 Å². The van der Waals surface area contributed by atoms with Gasteiger partial charge in [-0.1, -0.05) is 39.0 Å². The van der Waals surface area contributed by atoms with Gasteiger partial charge in [0.25, 0.3) is 0 Å². The molecule has 2 N–H and O–H groups in total. The third-order valence-corrected chi connectivity index (χ3v) is 3.50. The van der Waals surface area contributed by atoms with Crippen molar-refractivity contribution in [3.8, 4) is 5.75 Å². The monoisotopic (exact) mass is 249 g/mol. The summed E-state index contributed by atoms with van der Waals surface area (Å²) in [5, 5.41) is 0. The molecule has 18 heavy (non-hydrogen) atoms. The highest BCUT2D eigenvalue weighted by Crippen LogP contribution is 2.27. The van der Waals surface area contributed by atoms with Gasteiger partial charge in [0.2, 0.25) is 0 Å². The van der Waals surface area contributed by atoms with E-state index in [-0.39, 0.29) is 6.04 Å². The van der Waals surface area contributed by atoms with E-state index in [1.165, 1.54) is 11.1 Å². The van der Waals surface area contributed by atoms with Crippen LogP contribution in [-0.2, 0) is 6.42 Å². The van der Waals surface area contributed by atoms with Gasteiger partial charge < -0.3 is 10.5 Å². The molecule has 0 saturated heterocycles. The lowest BCUT2D eigenvalue weighted by molar-refractivity contribution is 0.189. The van der Waals surface area contributed by atoms with Crippen molar-refractivity contribution in [1.29, 1.82) is 0 Å². The molecule has 0 spiro atoms. The lowest BCUT2D eigenvalue weighted by Crippen LogP contribution is -2.23. The van der Waals surface area contributed by atoms with Crippen molar-refractivity contribution in [3.63, 3.8) is 0 Å². The van der Waals surface area contributed by atoms with Crippen LogP contribution in [0.15, 0.2) is 18.2 Å². The predicted octanol–water partition coefficient (Wildman–Crippen LogP) is 3.84. The predicted molar refractivity (Wildman–Crippen MR) is 78.1 cm³/mol. The van der Waals surface area contributed by atoms with E-state index < -0.39 is 0 Å². The quantitative estimate of drug-likeness (QED) is 0.796. The zero-order valence-electron chi connectivity index (χ0n) is 12.2. The number of aryl methyl sites for hydroxylation is 1. The van der Waals surface area contributed by atoms with Gasteiger partial charge in [-0.05, 0) is 43.7 Å². The molecule has 1 atom stereocenters. The first-order valence-electron chi connectivity index (χ1n) is 7.13. The summed E-state index contributed by atoms with van der Waals surface area (Å²) in [5.41, 5.74) is 8.52. The second-order valence-electron chi connectivity index (χ2n) is 4.99. The molecule has 1 aromatic carbocycles. The fourth-order valence-corrected chi connectivity index (χ4v) is 2.09. The minimum atomic E-state index is 0.218. The summed E-state index contributed by atoms with van der Waals surface area (Å²) in [6.07, 6.45) is 4.29. The Labute approximate surface area is 112 Å². The van der Waals surface area contributed by atoms with Gasteiger partial charge in [-0.25, -0.2) is 0 Å². The van der Waals surface area contributed by atoms with Crippen molar-refractivity contribution < 1.29 is 4.74 Å². The maximum absolute atomic E-state index is 6.16. The van der Waals surface area contributed by atoms with Gasteiger partial charge in [-0.2, -0.15) is 0 Å². The Morgan fingerprint density at radius 3 is 2.33 bits per heavy atom. The molecule has 0 fully saturated rings. The first kappa shape index (κ1) is 15.0. The zero-order chi connectivity index (χ0) is 13.5. The van der Waals surface area contributed by atoms with Crippen LogP contribution in [0.3, 0.4) is 0 Å². The highest BCUT2D eigenvalue weighted by atomic mass is 16.5. The lowest BCUT2D eigenvalue weighted by Gasteiger charge is -2.21. The molecule has 0 bridgehead atoms. The summed E-state index contributed by atoms with van der Waals surface area (Å²) in [5.74, 6) is 1.05. The van der Waals surface area contributed by atoms with Crippen LogP contribution in [0, 0.1) is 6.92 Å². The standard InChI is InChI=1S/C16H27NO/c1-5-14(17)11-13-10-8-9-12(4)16(13)18-15(6-2)7-3/h8-10,14-15H,5-7,11,17H2,1-4H3. The average molecular weight is 249 g/mol. The fourth-order valence-electron chi connectivity index (χ4n) is 2.09. The van der Waals surface area contributed by atoms with Gasteiger partial charge in [0.1, 0.15) is 5.75 Å². The second kappa shape index (κ2) is 7.42. The van der Waals surface area contributed by atoms with E-state index in [1.54, 1.807) is 0 Å². The molecule has 1 unspecified atom stereocenters. The van der Waals surface area contributed by atoms with E-state index in [9.17, 15) is 0 Å². The summed E-state index contributed by atoms with van der Waals surface area (Å²) in [4.78, 5) is 0. The van der Waals surface area contributed by atoms with Crippen LogP contribution >= 0.6 is 0 Å². The molecule has 0 amide bonds. The Bertz CT molecular complexity index is 358. The van der Waals surface area contributed by atoms with Crippen LogP contribution in [0.25, 0.3) is 0 Å². The first-order valence-corrected chi connectivity index (χ1v) is 7.13. The third-order valence-electron chi connectivity index (χ3n) is 3.50. The van der Waals surface area contributed by atoms with E-state index in [0.717, 1.165) is 31.4 Å². The van der Waals surface area contributed by atoms with Crippen LogP contribution in [0.5, 0.6) is 5.75 Å². The average Bonchev–Trinajstić information content (AvgIpc) is 2.38. The highest BCUT2D eigenvalue weighted by molar-refractivity contribution is 5.41. The summed E-state index contributed by atoms with van der Waals surface area (Å²) in [6.45, 7) is 8.58. The van der Waals surface area contributed by atoms with Gasteiger partial charge in [0, 0.05) is 6.04 Å². The minimum absolute atomic E-state index is 0.218. The molecule has 0 saturated carbocycles. The van der Waals surface area contributed by atoms with Crippen LogP contribution in [0.1, 0.15) is 51.2 Å². The van der Waals surface area contributed by atoms with Crippen molar-refractivity contribution in [1.82, 2.24) is 0 Å². The lowest BCUT2D eigenvalue weighted by atomic mass is 10.0. The molecule has 0 aliphatic carbocycles. The summed E-state index contributed by atoms with van der Waals surface area (Å²) >= 11 is 0. The van der Waals surface area contributed by atoms with Gasteiger partial charge in [-0.15, -0.1) is 0 Å². The van der Waals surface area contributed by atoms with Gasteiger partial charge in [-0.3, -0.25) is 0 Å². The Balaban J connectivity index is 2.92. The minimum Gasteiger partial charge on any atom is -0.490 e. The molecule has 1 rings (SSSR count). The van der Waals surface area contributed by atoms with E-state index in [0.29, 0.717) is 6.10 Å². The molecule has 0 aliphatic rings. The third kappa shape index (κ3) is 4.02. The molecule has 1 aromatic rings. The molecule has 102 valence electrons. The van der Waals surface area contributed by atoms with Gasteiger partial charge >= 0.3 is 0 Å². The van der Waals surface area contributed by atoms with Crippen LogP contribution < -0.4 is 10.5 Å². The molecular formula is C16H27NO. The van der Waals surface area contributed by atoms with Crippen molar-refractivity contribution in [2.24, 2.45) is 5.73 Å². The maximum Gasteiger partial charge on any atom is 0.125 e. The zero-order valence-corrected chi connectivity index (χ0v) is 12.2. The molecule has 0 radical (unpaired) electrons. The number of hydrogen-bond acceptors (Lipinski definition) is 2. The number of ether oxygens (including phenoxy) is 1. The number of nitrogens with two attached hydrogens (primary N) is 1. The van der Waals surface area contributed by atoms with Crippen LogP contribution in [-0.4, -0.2) is 12.1 Å². The van der Waals surface area contributed by atoms with Crippen molar-refractivity contribution in [3.05, 3.63) is 29.3 Å². The number of rotatable bonds is 7. The topological polar surface area (TPSA) is 35.2 Å². The maximum atomic E-state index is 6.16. The molecule has 2 heteroatoms.